The molecule has 0 saturated carbocycles. The second kappa shape index (κ2) is 8.50. The maximum Gasteiger partial charge on any atom is 0.346 e. The first kappa shape index (κ1) is 21.0. The fraction of sp³-hybridized carbons (Fsp3) is 0.455. The van der Waals surface area contributed by atoms with Gasteiger partial charge in [-0.15, -0.1) is 0 Å². The number of nitrogens with zero attached hydrogens (tertiary/aromatic N) is 6. The van der Waals surface area contributed by atoms with Gasteiger partial charge in [0.2, 0.25) is 5.91 Å². The second-order valence-corrected chi connectivity index (χ2v) is 8.02. The van der Waals surface area contributed by atoms with Crippen molar-refractivity contribution in [3.63, 3.8) is 0 Å². The van der Waals surface area contributed by atoms with Crippen LogP contribution in [0, 0.1) is 13.8 Å². The number of hydrogen-bond donors (Lipinski definition) is 0. The first-order chi connectivity index (χ1) is 14.8. The molecule has 1 aliphatic rings. The van der Waals surface area contributed by atoms with E-state index in [1.54, 1.807) is 16.5 Å². The third-order valence-corrected chi connectivity index (χ3v) is 5.89. The van der Waals surface area contributed by atoms with Crippen molar-refractivity contribution in [2.45, 2.75) is 46.0 Å². The van der Waals surface area contributed by atoms with Crippen molar-refractivity contribution in [2.75, 3.05) is 13.7 Å². The molecule has 3 aromatic rings. The summed E-state index contributed by atoms with van der Waals surface area (Å²) in [6.45, 7) is 5.63. The SMILES string of the molecule is Cc1nn(C)c(C)c1CN(C)C(=O)CC1OCCn2c1nn(Cc1ccccc1)c2=O. The lowest BCUT2D eigenvalue weighted by atomic mass is 10.1. The maximum absolute atomic E-state index is 12.9. The quantitative estimate of drug-likeness (QED) is 0.599. The molecule has 0 spiro atoms. The lowest BCUT2D eigenvalue weighted by Crippen LogP contribution is -2.34. The van der Waals surface area contributed by atoms with Gasteiger partial charge in [-0.25, -0.2) is 9.48 Å². The average Bonchev–Trinajstić information content (AvgIpc) is 3.20. The van der Waals surface area contributed by atoms with Gasteiger partial charge in [0.1, 0.15) is 6.10 Å². The normalized spacial score (nSPS) is 15.7. The highest BCUT2D eigenvalue weighted by atomic mass is 16.5. The van der Waals surface area contributed by atoms with Crippen molar-refractivity contribution in [3.05, 3.63) is 69.2 Å². The van der Waals surface area contributed by atoms with Crippen molar-refractivity contribution in [1.29, 1.82) is 0 Å². The number of carbonyl (C=O) groups is 1. The van der Waals surface area contributed by atoms with Crippen LogP contribution < -0.4 is 5.69 Å². The van der Waals surface area contributed by atoms with E-state index in [1.807, 2.05) is 55.9 Å². The molecule has 0 N–H and O–H groups in total. The molecule has 9 nitrogen and oxygen atoms in total. The number of aromatic nitrogens is 5. The van der Waals surface area contributed by atoms with E-state index in [9.17, 15) is 9.59 Å². The molecule has 0 saturated heterocycles. The molecule has 3 heterocycles. The van der Waals surface area contributed by atoms with Crippen molar-refractivity contribution >= 4 is 5.91 Å². The molecular weight excluding hydrogens is 396 g/mol. The zero-order valence-corrected chi connectivity index (χ0v) is 18.4. The van der Waals surface area contributed by atoms with Crippen molar-refractivity contribution in [3.8, 4) is 0 Å². The van der Waals surface area contributed by atoms with E-state index in [2.05, 4.69) is 10.2 Å². The number of benzene rings is 1. The Morgan fingerprint density at radius 2 is 1.97 bits per heavy atom. The lowest BCUT2D eigenvalue weighted by molar-refractivity contribution is -0.134. The van der Waals surface area contributed by atoms with Gasteiger partial charge < -0.3 is 9.64 Å². The predicted octanol–water partition coefficient (Wildman–Crippen LogP) is 1.56. The highest BCUT2D eigenvalue weighted by Gasteiger charge is 2.30. The molecule has 31 heavy (non-hydrogen) atoms. The molecular formula is C22H28N6O3. The van der Waals surface area contributed by atoms with Crippen LogP contribution in [-0.2, 0) is 36.2 Å². The van der Waals surface area contributed by atoms with Gasteiger partial charge in [-0.1, -0.05) is 30.3 Å². The van der Waals surface area contributed by atoms with Gasteiger partial charge in [-0.3, -0.25) is 14.0 Å². The monoisotopic (exact) mass is 424 g/mol. The standard InChI is InChI=1S/C22H28N6O3/c1-15-18(16(2)26(4)23-15)14-25(3)20(29)12-19-21-24-28(13-17-8-6-5-7-9-17)22(30)27(21)10-11-31-19/h5-9,19H,10-14H2,1-4H3. The van der Waals surface area contributed by atoms with Gasteiger partial charge >= 0.3 is 5.69 Å². The van der Waals surface area contributed by atoms with Gasteiger partial charge in [-0.05, 0) is 19.4 Å². The summed E-state index contributed by atoms with van der Waals surface area (Å²) in [6, 6.07) is 9.72. The molecule has 1 aromatic carbocycles. The Balaban J connectivity index is 1.49. The summed E-state index contributed by atoms with van der Waals surface area (Å²) in [5, 5.41) is 8.93. The fourth-order valence-electron chi connectivity index (χ4n) is 3.96. The fourth-order valence-corrected chi connectivity index (χ4v) is 3.96. The third kappa shape index (κ3) is 4.18. The summed E-state index contributed by atoms with van der Waals surface area (Å²) < 4.78 is 10.7. The summed E-state index contributed by atoms with van der Waals surface area (Å²) in [6.07, 6.45) is -0.402. The minimum Gasteiger partial charge on any atom is -0.368 e. The van der Waals surface area contributed by atoms with E-state index < -0.39 is 6.10 Å². The molecule has 4 rings (SSSR count). The van der Waals surface area contributed by atoms with Crippen LogP contribution in [0.1, 0.15) is 40.9 Å². The van der Waals surface area contributed by atoms with Crippen LogP contribution >= 0.6 is 0 Å². The van der Waals surface area contributed by atoms with E-state index in [0.29, 0.717) is 32.1 Å². The minimum absolute atomic E-state index is 0.0637. The number of rotatable bonds is 6. The van der Waals surface area contributed by atoms with Crippen molar-refractivity contribution < 1.29 is 9.53 Å². The lowest BCUT2D eigenvalue weighted by Gasteiger charge is -2.25. The van der Waals surface area contributed by atoms with Crippen LogP contribution in [-0.4, -0.2) is 48.6 Å². The average molecular weight is 425 g/mol. The Kier molecular flexibility index (Phi) is 5.77. The first-order valence-corrected chi connectivity index (χ1v) is 10.4. The summed E-state index contributed by atoms with van der Waals surface area (Å²) in [5.74, 6) is 0.453. The molecule has 0 radical (unpaired) electrons. The molecule has 164 valence electrons. The Labute approximate surface area is 180 Å². The molecule has 0 aliphatic carbocycles. The van der Waals surface area contributed by atoms with E-state index >= 15 is 0 Å². The number of amides is 1. The van der Waals surface area contributed by atoms with Crippen molar-refractivity contribution in [2.24, 2.45) is 7.05 Å². The largest absolute Gasteiger partial charge is 0.368 e. The molecule has 1 aliphatic heterocycles. The molecule has 0 fully saturated rings. The highest BCUT2D eigenvalue weighted by molar-refractivity contribution is 5.76. The number of hydrogen-bond acceptors (Lipinski definition) is 5. The predicted molar refractivity (Wildman–Crippen MR) is 114 cm³/mol. The van der Waals surface area contributed by atoms with Gasteiger partial charge in [-0.2, -0.15) is 10.2 Å². The number of aryl methyl sites for hydroxylation is 2. The smallest absolute Gasteiger partial charge is 0.346 e. The van der Waals surface area contributed by atoms with Gasteiger partial charge in [0, 0.05) is 31.9 Å². The Hall–Kier alpha value is -3.20. The maximum atomic E-state index is 12.9. The van der Waals surface area contributed by atoms with Gasteiger partial charge in [0.25, 0.3) is 0 Å². The van der Waals surface area contributed by atoms with Gasteiger partial charge in [0.15, 0.2) is 5.82 Å². The van der Waals surface area contributed by atoms with Crippen LogP contribution in [0.15, 0.2) is 35.1 Å². The highest BCUT2D eigenvalue weighted by Crippen LogP contribution is 2.24. The van der Waals surface area contributed by atoms with Crippen LogP contribution in [0.25, 0.3) is 0 Å². The molecule has 9 heteroatoms. The van der Waals surface area contributed by atoms with Gasteiger partial charge in [0.05, 0.1) is 31.8 Å². The number of carbonyl (C=O) groups excluding carboxylic acids is 1. The Morgan fingerprint density at radius 1 is 1.23 bits per heavy atom. The summed E-state index contributed by atoms with van der Waals surface area (Å²) in [4.78, 5) is 27.4. The molecule has 1 unspecified atom stereocenters. The molecule has 0 bridgehead atoms. The van der Waals surface area contributed by atoms with E-state index in [-0.39, 0.29) is 18.0 Å². The Bertz CT molecular complexity index is 1140. The number of fused-ring (bicyclic) bond motifs is 1. The van der Waals surface area contributed by atoms with Crippen LogP contribution in [0.5, 0.6) is 0 Å². The summed E-state index contributed by atoms with van der Waals surface area (Å²) in [5.41, 5.74) is 3.83. The second-order valence-electron chi connectivity index (χ2n) is 8.02. The van der Waals surface area contributed by atoms with Crippen LogP contribution in [0.4, 0.5) is 0 Å². The zero-order valence-electron chi connectivity index (χ0n) is 18.4. The van der Waals surface area contributed by atoms with E-state index in [1.165, 1.54) is 4.68 Å². The minimum atomic E-state index is -0.537. The Morgan fingerprint density at radius 3 is 2.65 bits per heavy atom. The molecule has 2 aromatic heterocycles. The van der Waals surface area contributed by atoms with Crippen LogP contribution in [0.3, 0.4) is 0 Å². The molecule has 1 atom stereocenters. The molecule has 1 amide bonds. The van der Waals surface area contributed by atoms with Crippen LogP contribution in [0.2, 0.25) is 0 Å². The number of ether oxygens (including phenoxy) is 1. The van der Waals surface area contributed by atoms with Crippen molar-refractivity contribution in [1.82, 2.24) is 29.0 Å². The summed E-state index contributed by atoms with van der Waals surface area (Å²) >= 11 is 0. The van der Waals surface area contributed by atoms with E-state index in [0.717, 1.165) is 22.5 Å². The topological polar surface area (TPSA) is 87.2 Å². The first-order valence-electron chi connectivity index (χ1n) is 10.4. The third-order valence-electron chi connectivity index (χ3n) is 5.89. The summed E-state index contributed by atoms with van der Waals surface area (Å²) in [7, 11) is 3.67. The zero-order chi connectivity index (χ0) is 22.1. The van der Waals surface area contributed by atoms with E-state index in [4.69, 9.17) is 4.74 Å².